The van der Waals surface area contributed by atoms with Gasteiger partial charge in [-0.15, -0.1) is 0 Å². The highest BCUT2D eigenvalue weighted by molar-refractivity contribution is 6.23. The SMILES string of the molecule is Nc1ccc2c(c1)CC(N1C(=O)c3ccccc3C1=O)C(=O)N2. The molecule has 0 radical (unpaired) electrons. The van der Waals surface area contributed by atoms with E-state index in [2.05, 4.69) is 5.32 Å². The zero-order chi connectivity index (χ0) is 16.1. The van der Waals surface area contributed by atoms with Crippen LogP contribution >= 0.6 is 0 Å². The number of benzene rings is 2. The van der Waals surface area contributed by atoms with Gasteiger partial charge in [-0.3, -0.25) is 19.3 Å². The number of amides is 3. The summed E-state index contributed by atoms with van der Waals surface area (Å²) >= 11 is 0. The predicted molar refractivity (Wildman–Crippen MR) is 83.9 cm³/mol. The molecule has 0 fully saturated rings. The zero-order valence-corrected chi connectivity index (χ0v) is 12.1. The highest BCUT2D eigenvalue weighted by atomic mass is 16.2. The number of fused-ring (bicyclic) bond motifs is 2. The molecule has 6 nitrogen and oxygen atoms in total. The standard InChI is InChI=1S/C17H13N3O3/c18-10-5-6-13-9(7-10)8-14(15(21)19-13)20-16(22)11-3-1-2-4-12(11)17(20)23/h1-7,14H,8,18H2,(H,19,21). The molecule has 114 valence electrons. The van der Waals surface area contributed by atoms with Crippen LogP contribution in [0, 0.1) is 0 Å². The van der Waals surface area contributed by atoms with Gasteiger partial charge in [0.2, 0.25) is 5.91 Å². The van der Waals surface area contributed by atoms with Crippen LogP contribution in [-0.2, 0) is 11.2 Å². The van der Waals surface area contributed by atoms with Crippen LogP contribution in [0.2, 0.25) is 0 Å². The Morgan fingerprint density at radius 2 is 1.65 bits per heavy atom. The van der Waals surface area contributed by atoms with E-state index >= 15 is 0 Å². The Balaban J connectivity index is 1.73. The predicted octanol–water partition coefficient (Wildman–Crippen LogP) is 1.43. The second kappa shape index (κ2) is 4.67. The third-order valence-corrected chi connectivity index (χ3v) is 4.24. The lowest BCUT2D eigenvalue weighted by atomic mass is 9.97. The number of hydrogen-bond donors (Lipinski definition) is 2. The molecule has 1 unspecified atom stereocenters. The van der Waals surface area contributed by atoms with Gasteiger partial charge in [-0.2, -0.15) is 0 Å². The molecule has 2 aliphatic heterocycles. The summed E-state index contributed by atoms with van der Waals surface area (Å²) in [5.74, 6) is -1.23. The maximum atomic E-state index is 12.5. The Morgan fingerprint density at radius 3 is 2.30 bits per heavy atom. The average molecular weight is 307 g/mol. The summed E-state index contributed by atoms with van der Waals surface area (Å²) in [6.07, 6.45) is 0.262. The summed E-state index contributed by atoms with van der Waals surface area (Å²) in [7, 11) is 0. The minimum absolute atomic E-state index is 0.262. The number of anilines is 2. The average Bonchev–Trinajstić information content (AvgIpc) is 2.79. The molecule has 0 spiro atoms. The second-order valence-corrected chi connectivity index (χ2v) is 5.65. The first-order valence-electron chi connectivity index (χ1n) is 7.22. The van der Waals surface area contributed by atoms with Crippen molar-refractivity contribution in [1.29, 1.82) is 0 Å². The first kappa shape index (κ1) is 13.5. The number of imide groups is 1. The second-order valence-electron chi connectivity index (χ2n) is 5.65. The summed E-state index contributed by atoms with van der Waals surface area (Å²) in [6.45, 7) is 0. The molecule has 6 heteroatoms. The molecule has 0 bridgehead atoms. The Kier molecular flexibility index (Phi) is 2.74. The van der Waals surface area contributed by atoms with Crippen molar-refractivity contribution in [3.05, 3.63) is 59.2 Å². The lowest BCUT2D eigenvalue weighted by Crippen LogP contribution is -2.50. The van der Waals surface area contributed by atoms with Crippen LogP contribution in [0.1, 0.15) is 26.3 Å². The number of nitrogens with zero attached hydrogens (tertiary/aromatic N) is 1. The number of nitrogens with two attached hydrogens (primary N) is 1. The van der Waals surface area contributed by atoms with Crippen molar-refractivity contribution in [2.75, 3.05) is 11.1 Å². The fourth-order valence-corrected chi connectivity index (χ4v) is 3.12. The molecule has 0 aliphatic carbocycles. The molecule has 2 aromatic carbocycles. The van der Waals surface area contributed by atoms with E-state index in [9.17, 15) is 14.4 Å². The summed E-state index contributed by atoms with van der Waals surface area (Å²) in [5, 5.41) is 2.74. The van der Waals surface area contributed by atoms with Gasteiger partial charge in [0.1, 0.15) is 6.04 Å². The van der Waals surface area contributed by atoms with Crippen LogP contribution in [0.4, 0.5) is 11.4 Å². The van der Waals surface area contributed by atoms with E-state index in [1.54, 1.807) is 42.5 Å². The lowest BCUT2D eigenvalue weighted by Gasteiger charge is -2.30. The van der Waals surface area contributed by atoms with Crippen LogP contribution in [0.5, 0.6) is 0 Å². The van der Waals surface area contributed by atoms with Crippen molar-refractivity contribution < 1.29 is 14.4 Å². The molecule has 1 atom stereocenters. The van der Waals surface area contributed by atoms with Crippen LogP contribution in [0.25, 0.3) is 0 Å². The van der Waals surface area contributed by atoms with Gasteiger partial charge in [0.15, 0.2) is 0 Å². The van der Waals surface area contributed by atoms with Crippen molar-refractivity contribution in [2.24, 2.45) is 0 Å². The topological polar surface area (TPSA) is 92.5 Å². The van der Waals surface area contributed by atoms with E-state index in [0.29, 0.717) is 22.5 Å². The maximum Gasteiger partial charge on any atom is 0.262 e. The van der Waals surface area contributed by atoms with Gasteiger partial charge in [0.25, 0.3) is 11.8 Å². The highest BCUT2D eigenvalue weighted by Gasteiger charge is 2.44. The van der Waals surface area contributed by atoms with E-state index in [0.717, 1.165) is 10.5 Å². The van der Waals surface area contributed by atoms with Gasteiger partial charge < -0.3 is 11.1 Å². The molecule has 0 aromatic heterocycles. The summed E-state index contributed by atoms with van der Waals surface area (Å²) < 4.78 is 0. The molecule has 4 rings (SSSR count). The third-order valence-electron chi connectivity index (χ3n) is 4.24. The van der Waals surface area contributed by atoms with Gasteiger partial charge in [-0.1, -0.05) is 12.1 Å². The number of carbonyl (C=O) groups is 3. The van der Waals surface area contributed by atoms with Gasteiger partial charge >= 0.3 is 0 Å². The van der Waals surface area contributed by atoms with Crippen molar-refractivity contribution in [2.45, 2.75) is 12.5 Å². The summed E-state index contributed by atoms with van der Waals surface area (Å²) in [6, 6.07) is 10.9. The molecule has 2 heterocycles. The first-order valence-corrected chi connectivity index (χ1v) is 7.22. The molecule has 0 saturated carbocycles. The Bertz CT molecular complexity index is 840. The van der Waals surface area contributed by atoms with Crippen LogP contribution in [0.15, 0.2) is 42.5 Å². The smallest absolute Gasteiger partial charge is 0.262 e. The fourth-order valence-electron chi connectivity index (χ4n) is 3.12. The van der Waals surface area contributed by atoms with Gasteiger partial charge in [0, 0.05) is 17.8 Å². The minimum Gasteiger partial charge on any atom is -0.399 e. The molecular weight excluding hydrogens is 294 g/mol. The number of nitrogen functional groups attached to an aromatic ring is 1. The van der Waals surface area contributed by atoms with E-state index in [1.165, 1.54) is 0 Å². The van der Waals surface area contributed by atoms with Gasteiger partial charge in [-0.25, -0.2) is 0 Å². The van der Waals surface area contributed by atoms with Gasteiger partial charge in [-0.05, 0) is 35.9 Å². The van der Waals surface area contributed by atoms with Crippen molar-refractivity contribution >= 4 is 29.1 Å². The number of rotatable bonds is 1. The number of carbonyl (C=O) groups excluding carboxylic acids is 3. The summed E-state index contributed by atoms with van der Waals surface area (Å²) in [5.41, 5.74) is 8.50. The normalized spacial score (nSPS) is 19.4. The number of nitrogens with one attached hydrogen (secondary N) is 1. The molecule has 2 aromatic rings. The quantitative estimate of drug-likeness (QED) is 0.616. The Labute approximate surface area is 131 Å². The minimum atomic E-state index is -0.864. The summed E-state index contributed by atoms with van der Waals surface area (Å²) in [4.78, 5) is 38.5. The van der Waals surface area contributed by atoms with Crippen molar-refractivity contribution in [1.82, 2.24) is 4.90 Å². The molecule has 0 saturated heterocycles. The lowest BCUT2D eigenvalue weighted by molar-refractivity contribution is -0.120. The van der Waals surface area contributed by atoms with Crippen LogP contribution < -0.4 is 11.1 Å². The third kappa shape index (κ3) is 1.92. The largest absolute Gasteiger partial charge is 0.399 e. The molecule has 3 amide bonds. The molecular formula is C17H13N3O3. The Hall–Kier alpha value is -3.15. The molecule has 2 aliphatic rings. The van der Waals surface area contributed by atoms with Crippen LogP contribution in [-0.4, -0.2) is 28.7 Å². The van der Waals surface area contributed by atoms with E-state index in [-0.39, 0.29) is 12.3 Å². The van der Waals surface area contributed by atoms with Crippen molar-refractivity contribution in [3.63, 3.8) is 0 Å². The first-order chi connectivity index (χ1) is 11.1. The van der Waals surface area contributed by atoms with Gasteiger partial charge in [0.05, 0.1) is 11.1 Å². The fraction of sp³-hybridized carbons (Fsp3) is 0.118. The van der Waals surface area contributed by atoms with E-state index in [1.807, 2.05) is 0 Å². The maximum absolute atomic E-state index is 12.5. The highest BCUT2D eigenvalue weighted by Crippen LogP contribution is 2.31. The van der Waals surface area contributed by atoms with Crippen molar-refractivity contribution in [3.8, 4) is 0 Å². The van der Waals surface area contributed by atoms with Crippen LogP contribution in [0.3, 0.4) is 0 Å². The monoisotopic (exact) mass is 307 g/mol. The Morgan fingerprint density at radius 1 is 1.00 bits per heavy atom. The number of hydrogen-bond acceptors (Lipinski definition) is 4. The van der Waals surface area contributed by atoms with E-state index in [4.69, 9.17) is 5.73 Å². The molecule has 23 heavy (non-hydrogen) atoms. The zero-order valence-electron chi connectivity index (χ0n) is 12.1. The molecule has 3 N–H and O–H groups in total. The van der Waals surface area contributed by atoms with E-state index < -0.39 is 17.9 Å².